The Morgan fingerprint density at radius 1 is 1.05 bits per heavy atom. The van der Waals surface area contributed by atoms with E-state index in [2.05, 4.69) is 55.5 Å². The second kappa shape index (κ2) is 4.68. The first-order valence-electron chi connectivity index (χ1n) is 7.05. The lowest BCUT2D eigenvalue weighted by molar-refractivity contribution is -0.107. The van der Waals surface area contributed by atoms with E-state index in [4.69, 9.17) is 0 Å². The van der Waals surface area contributed by atoms with Crippen molar-refractivity contribution in [2.45, 2.75) is 13.3 Å². The molecular weight excluding hydrogens is 276 g/mol. The number of thiophene rings is 1. The average Bonchev–Trinajstić information content (AvgIpc) is 2.87. The summed E-state index contributed by atoms with van der Waals surface area (Å²) in [5.41, 5.74) is 2.39. The summed E-state index contributed by atoms with van der Waals surface area (Å²) in [7, 11) is 0. The molecule has 3 aromatic carbocycles. The van der Waals surface area contributed by atoms with Gasteiger partial charge in [-0.15, -0.1) is 11.3 Å². The van der Waals surface area contributed by atoms with Crippen molar-refractivity contribution in [2.24, 2.45) is 0 Å². The fourth-order valence-electron chi connectivity index (χ4n) is 3.06. The third-order valence-corrected chi connectivity index (χ3v) is 5.21. The lowest BCUT2D eigenvalue weighted by Crippen LogP contribution is -1.88. The Hall–Kier alpha value is -2.19. The molecule has 0 aliphatic heterocycles. The van der Waals surface area contributed by atoms with Gasteiger partial charge >= 0.3 is 0 Å². The number of hydrogen-bond acceptors (Lipinski definition) is 2. The Bertz CT molecular complexity index is 995. The first-order valence-corrected chi connectivity index (χ1v) is 7.86. The monoisotopic (exact) mass is 290 g/mol. The van der Waals surface area contributed by atoms with Gasteiger partial charge in [0, 0.05) is 26.6 Å². The van der Waals surface area contributed by atoms with Crippen LogP contribution in [0, 0.1) is 6.92 Å². The maximum Gasteiger partial charge on any atom is 0.124 e. The van der Waals surface area contributed by atoms with Crippen molar-refractivity contribution in [3.63, 3.8) is 0 Å². The van der Waals surface area contributed by atoms with E-state index in [1.54, 1.807) is 0 Å². The first kappa shape index (κ1) is 12.5. The van der Waals surface area contributed by atoms with Crippen molar-refractivity contribution in [2.75, 3.05) is 0 Å². The van der Waals surface area contributed by atoms with Gasteiger partial charge in [0.15, 0.2) is 0 Å². The highest BCUT2D eigenvalue weighted by atomic mass is 32.1. The molecule has 0 aliphatic carbocycles. The number of hydrogen-bond donors (Lipinski definition) is 0. The van der Waals surface area contributed by atoms with Gasteiger partial charge in [-0.1, -0.05) is 42.0 Å². The Morgan fingerprint density at radius 2 is 1.90 bits per heavy atom. The molecule has 1 heterocycles. The molecule has 4 rings (SSSR count). The smallest absolute Gasteiger partial charge is 0.124 e. The summed E-state index contributed by atoms with van der Waals surface area (Å²) in [4.78, 5) is 11.1. The number of rotatable bonds is 2. The van der Waals surface area contributed by atoms with Gasteiger partial charge < -0.3 is 4.79 Å². The molecule has 0 fully saturated rings. The van der Waals surface area contributed by atoms with Gasteiger partial charge in [-0.25, -0.2) is 0 Å². The van der Waals surface area contributed by atoms with Crippen LogP contribution in [0.2, 0.25) is 0 Å². The molecule has 102 valence electrons. The van der Waals surface area contributed by atoms with Gasteiger partial charge in [0.1, 0.15) is 6.29 Å². The quantitative estimate of drug-likeness (QED) is 0.460. The van der Waals surface area contributed by atoms with Crippen LogP contribution in [0.5, 0.6) is 0 Å². The van der Waals surface area contributed by atoms with Crippen molar-refractivity contribution >= 4 is 48.6 Å². The highest BCUT2D eigenvalue weighted by molar-refractivity contribution is 7.26. The van der Waals surface area contributed by atoms with Crippen LogP contribution in [-0.4, -0.2) is 6.29 Å². The summed E-state index contributed by atoms with van der Waals surface area (Å²) in [5.74, 6) is 0. The molecule has 0 N–H and O–H groups in total. The highest BCUT2D eigenvalue weighted by Gasteiger charge is 2.13. The maximum atomic E-state index is 11.1. The van der Waals surface area contributed by atoms with E-state index in [1.807, 2.05) is 11.3 Å². The summed E-state index contributed by atoms with van der Waals surface area (Å²) in [6.07, 6.45) is 1.48. The van der Waals surface area contributed by atoms with Crippen LogP contribution in [-0.2, 0) is 11.2 Å². The molecule has 0 aliphatic rings. The third kappa shape index (κ3) is 1.87. The predicted octanol–water partition coefficient (Wildman–Crippen LogP) is 5.26. The van der Waals surface area contributed by atoms with Crippen LogP contribution in [0.1, 0.15) is 11.1 Å². The minimum atomic E-state index is 0.473. The average molecular weight is 290 g/mol. The SMILES string of the molecule is Cc1ccc2sc3c4ccccc4cc(CC=O)c3c2c1. The van der Waals surface area contributed by atoms with Crippen molar-refractivity contribution in [3.05, 3.63) is 59.7 Å². The van der Waals surface area contributed by atoms with E-state index < -0.39 is 0 Å². The van der Waals surface area contributed by atoms with E-state index in [1.165, 1.54) is 36.5 Å². The molecule has 0 atom stereocenters. The minimum Gasteiger partial charge on any atom is -0.303 e. The number of aryl methyl sites for hydroxylation is 1. The van der Waals surface area contributed by atoms with Crippen LogP contribution in [0.25, 0.3) is 30.9 Å². The number of benzene rings is 3. The molecule has 0 radical (unpaired) electrons. The molecule has 0 bridgehead atoms. The lowest BCUT2D eigenvalue weighted by atomic mass is 9.98. The van der Waals surface area contributed by atoms with E-state index in [9.17, 15) is 4.79 Å². The van der Waals surface area contributed by atoms with Crippen molar-refractivity contribution < 1.29 is 4.79 Å². The number of carbonyl (C=O) groups excluding carboxylic acids is 1. The maximum absolute atomic E-state index is 11.1. The number of aldehydes is 1. The molecule has 2 heteroatoms. The lowest BCUT2D eigenvalue weighted by Gasteiger charge is -2.05. The van der Waals surface area contributed by atoms with Crippen LogP contribution in [0.3, 0.4) is 0 Å². The molecule has 0 saturated carbocycles. The van der Waals surface area contributed by atoms with E-state index in [0.29, 0.717) is 6.42 Å². The fourth-order valence-corrected chi connectivity index (χ4v) is 4.33. The summed E-state index contributed by atoms with van der Waals surface area (Å²) in [6, 6.07) is 17.2. The predicted molar refractivity (Wildman–Crippen MR) is 91.3 cm³/mol. The molecule has 21 heavy (non-hydrogen) atoms. The largest absolute Gasteiger partial charge is 0.303 e. The van der Waals surface area contributed by atoms with Gasteiger partial charge in [0.25, 0.3) is 0 Å². The zero-order valence-electron chi connectivity index (χ0n) is 11.7. The highest BCUT2D eigenvalue weighted by Crippen LogP contribution is 2.40. The summed E-state index contributed by atoms with van der Waals surface area (Å²) in [6.45, 7) is 2.11. The first-order chi connectivity index (χ1) is 10.3. The van der Waals surface area contributed by atoms with Crippen LogP contribution < -0.4 is 0 Å². The van der Waals surface area contributed by atoms with Gasteiger partial charge in [0.05, 0.1) is 0 Å². The summed E-state index contributed by atoms with van der Waals surface area (Å²) < 4.78 is 2.59. The van der Waals surface area contributed by atoms with Gasteiger partial charge in [-0.05, 0) is 35.4 Å². The Morgan fingerprint density at radius 3 is 2.76 bits per heavy atom. The number of fused-ring (bicyclic) bond motifs is 5. The summed E-state index contributed by atoms with van der Waals surface area (Å²) >= 11 is 1.82. The number of carbonyl (C=O) groups is 1. The third-order valence-electron chi connectivity index (χ3n) is 4.00. The minimum absolute atomic E-state index is 0.473. The second-order valence-corrected chi connectivity index (χ2v) is 6.49. The standard InChI is InChI=1S/C19H14OS/c1-12-6-7-17-16(10-12)18-14(8-9-20)11-13-4-2-3-5-15(13)19(18)21-17/h2-7,9-11H,8H2,1H3. The van der Waals surface area contributed by atoms with E-state index >= 15 is 0 Å². The van der Waals surface area contributed by atoms with Crippen LogP contribution >= 0.6 is 11.3 Å². The molecule has 0 amide bonds. The Balaban J connectivity index is 2.28. The molecule has 0 unspecified atom stereocenters. The normalized spacial score (nSPS) is 11.5. The fraction of sp³-hybridized carbons (Fsp3) is 0.105. The molecule has 0 saturated heterocycles. The zero-order chi connectivity index (χ0) is 14.4. The topological polar surface area (TPSA) is 17.1 Å². The zero-order valence-corrected chi connectivity index (χ0v) is 12.5. The molecule has 1 aromatic heterocycles. The van der Waals surface area contributed by atoms with Gasteiger partial charge in [-0.3, -0.25) is 0 Å². The molecule has 4 aromatic rings. The summed E-state index contributed by atoms with van der Waals surface area (Å²) in [5, 5.41) is 5.02. The molecule has 0 spiro atoms. The van der Waals surface area contributed by atoms with E-state index in [0.717, 1.165) is 11.8 Å². The van der Waals surface area contributed by atoms with Crippen LogP contribution in [0.4, 0.5) is 0 Å². The van der Waals surface area contributed by atoms with Gasteiger partial charge in [0.2, 0.25) is 0 Å². The second-order valence-electron chi connectivity index (χ2n) is 5.43. The van der Waals surface area contributed by atoms with Crippen LogP contribution in [0.15, 0.2) is 48.5 Å². The van der Waals surface area contributed by atoms with Crippen molar-refractivity contribution in [1.82, 2.24) is 0 Å². The Labute approximate surface area is 126 Å². The van der Waals surface area contributed by atoms with Crippen molar-refractivity contribution in [3.8, 4) is 0 Å². The van der Waals surface area contributed by atoms with E-state index in [-0.39, 0.29) is 0 Å². The molecular formula is C19H14OS. The Kier molecular flexibility index (Phi) is 2.79. The molecule has 1 nitrogen and oxygen atoms in total. The van der Waals surface area contributed by atoms with Gasteiger partial charge in [-0.2, -0.15) is 0 Å². The van der Waals surface area contributed by atoms with Crippen molar-refractivity contribution in [1.29, 1.82) is 0 Å².